The standard InChI is InChI=1S/C28H41FO4/c1-18-13-19(9-12-24(18)29)22-16-27(5,6)17-28(7,8)23(22)11-10-20(30)14-21(31)15-25(32)33-26(2,3)4/h9-13,20-21,30-31H,14-17H2,1-8H3/b11-10+. The summed E-state index contributed by atoms with van der Waals surface area (Å²) in [6, 6.07) is 5.22. The van der Waals surface area contributed by atoms with Crippen LogP contribution in [0.5, 0.6) is 0 Å². The van der Waals surface area contributed by atoms with E-state index in [-0.39, 0.29) is 29.5 Å². The summed E-state index contributed by atoms with van der Waals surface area (Å²) in [5.41, 5.74) is 3.18. The van der Waals surface area contributed by atoms with Crippen LogP contribution in [0.4, 0.5) is 4.39 Å². The molecule has 4 nitrogen and oxygen atoms in total. The third-order valence-electron chi connectivity index (χ3n) is 5.96. The lowest BCUT2D eigenvalue weighted by Gasteiger charge is -2.43. The number of carbonyl (C=O) groups excluding carboxylic acids is 1. The number of aryl methyl sites for hydroxylation is 1. The summed E-state index contributed by atoms with van der Waals surface area (Å²) in [5, 5.41) is 20.8. The van der Waals surface area contributed by atoms with E-state index in [1.54, 1.807) is 33.8 Å². The fourth-order valence-corrected chi connectivity index (χ4v) is 4.98. The first kappa shape index (κ1) is 27.3. The number of hydrogen-bond donors (Lipinski definition) is 2. The first-order valence-corrected chi connectivity index (χ1v) is 11.8. The van der Waals surface area contributed by atoms with Crippen LogP contribution in [0, 0.1) is 23.6 Å². The quantitative estimate of drug-likeness (QED) is 0.480. The minimum atomic E-state index is -0.994. The molecule has 33 heavy (non-hydrogen) atoms. The third-order valence-corrected chi connectivity index (χ3v) is 5.96. The minimum absolute atomic E-state index is 0.0416. The number of ether oxygens (including phenoxy) is 1. The SMILES string of the molecule is Cc1cc(C2=C(/C=C/C(O)CC(O)CC(=O)OC(C)(C)C)C(C)(C)CC(C)(C)C2)ccc1F. The smallest absolute Gasteiger partial charge is 0.308 e. The summed E-state index contributed by atoms with van der Waals surface area (Å²) < 4.78 is 19.1. The largest absolute Gasteiger partial charge is 0.460 e. The number of benzene rings is 1. The Hall–Kier alpha value is -1.98. The zero-order valence-electron chi connectivity index (χ0n) is 21.5. The van der Waals surface area contributed by atoms with Gasteiger partial charge in [-0.25, -0.2) is 4.39 Å². The van der Waals surface area contributed by atoms with Gasteiger partial charge in [-0.3, -0.25) is 4.79 Å². The summed E-state index contributed by atoms with van der Waals surface area (Å²) >= 11 is 0. The Kier molecular flexibility index (Phi) is 8.35. The van der Waals surface area contributed by atoms with Gasteiger partial charge in [0.25, 0.3) is 0 Å². The summed E-state index contributed by atoms with van der Waals surface area (Å²) in [6.07, 6.45) is 3.42. The molecule has 0 aliphatic heterocycles. The fraction of sp³-hybridized carbons (Fsp3) is 0.607. The van der Waals surface area contributed by atoms with E-state index in [0.717, 1.165) is 29.6 Å². The molecule has 1 aliphatic rings. The van der Waals surface area contributed by atoms with Crippen LogP contribution in [0.1, 0.15) is 85.3 Å². The van der Waals surface area contributed by atoms with Crippen LogP contribution in [-0.4, -0.2) is 34.0 Å². The Bertz CT molecular complexity index is 918. The van der Waals surface area contributed by atoms with E-state index >= 15 is 0 Å². The van der Waals surface area contributed by atoms with Gasteiger partial charge in [0.1, 0.15) is 11.4 Å². The predicted molar refractivity (Wildman–Crippen MR) is 131 cm³/mol. The lowest BCUT2D eigenvalue weighted by molar-refractivity contribution is -0.157. The highest BCUT2D eigenvalue weighted by Gasteiger charge is 2.38. The number of esters is 1. The topological polar surface area (TPSA) is 66.8 Å². The Morgan fingerprint density at radius 1 is 1.21 bits per heavy atom. The van der Waals surface area contributed by atoms with Crippen LogP contribution in [0.2, 0.25) is 0 Å². The molecule has 2 unspecified atom stereocenters. The molecule has 0 heterocycles. The van der Waals surface area contributed by atoms with E-state index in [2.05, 4.69) is 27.7 Å². The van der Waals surface area contributed by atoms with Gasteiger partial charge >= 0.3 is 5.97 Å². The van der Waals surface area contributed by atoms with Crippen LogP contribution in [0.3, 0.4) is 0 Å². The summed E-state index contributed by atoms with van der Waals surface area (Å²) in [6.45, 7) is 16.0. The summed E-state index contributed by atoms with van der Waals surface area (Å²) in [7, 11) is 0. The first-order valence-electron chi connectivity index (χ1n) is 11.8. The monoisotopic (exact) mass is 460 g/mol. The number of aliphatic hydroxyl groups excluding tert-OH is 2. The Morgan fingerprint density at radius 2 is 1.85 bits per heavy atom. The lowest BCUT2D eigenvalue weighted by Crippen LogP contribution is -2.31. The Balaban J connectivity index is 2.26. The molecule has 2 atom stereocenters. The van der Waals surface area contributed by atoms with Crippen molar-refractivity contribution in [2.45, 2.75) is 98.9 Å². The van der Waals surface area contributed by atoms with Gasteiger partial charge in [-0.05, 0) is 85.8 Å². The molecule has 0 amide bonds. The van der Waals surface area contributed by atoms with Crippen molar-refractivity contribution in [3.63, 3.8) is 0 Å². The molecule has 1 aromatic carbocycles. The highest BCUT2D eigenvalue weighted by molar-refractivity contribution is 5.74. The van der Waals surface area contributed by atoms with Gasteiger partial charge in [-0.15, -0.1) is 0 Å². The first-order chi connectivity index (χ1) is 15.0. The molecule has 0 saturated heterocycles. The maximum absolute atomic E-state index is 13.9. The molecule has 2 N–H and O–H groups in total. The number of hydrogen-bond acceptors (Lipinski definition) is 4. The molecule has 1 aliphatic carbocycles. The minimum Gasteiger partial charge on any atom is -0.460 e. The maximum atomic E-state index is 13.9. The van der Waals surface area contributed by atoms with Gasteiger partial charge in [-0.1, -0.05) is 45.9 Å². The molecule has 0 spiro atoms. The van der Waals surface area contributed by atoms with Crippen LogP contribution in [-0.2, 0) is 9.53 Å². The van der Waals surface area contributed by atoms with Gasteiger partial charge in [0.05, 0.1) is 18.6 Å². The highest BCUT2D eigenvalue weighted by Crippen LogP contribution is 2.52. The zero-order chi connectivity index (χ0) is 25.2. The predicted octanol–water partition coefficient (Wildman–Crippen LogP) is 6.13. The van der Waals surface area contributed by atoms with Gasteiger partial charge in [-0.2, -0.15) is 0 Å². The van der Waals surface area contributed by atoms with E-state index in [1.165, 1.54) is 6.07 Å². The van der Waals surface area contributed by atoms with E-state index in [1.807, 2.05) is 18.2 Å². The number of halogens is 1. The van der Waals surface area contributed by atoms with Crippen molar-refractivity contribution in [2.75, 3.05) is 0 Å². The number of rotatable bonds is 7. The molecular formula is C28H41FO4. The van der Waals surface area contributed by atoms with E-state index < -0.39 is 23.8 Å². The van der Waals surface area contributed by atoms with Crippen molar-refractivity contribution in [1.82, 2.24) is 0 Å². The molecule has 0 fully saturated rings. The average Bonchev–Trinajstić information content (AvgIpc) is 2.59. The molecule has 5 heteroatoms. The number of allylic oxidation sites excluding steroid dienone is 3. The second-order valence-electron chi connectivity index (χ2n) is 11.9. The van der Waals surface area contributed by atoms with Gasteiger partial charge in [0.15, 0.2) is 0 Å². The van der Waals surface area contributed by atoms with Gasteiger partial charge in [0, 0.05) is 6.42 Å². The van der Waals surface area contributed by atoms with E-state index in [4.69, 9.17) is 4.74 Å². The van der Waals surface area contributed by atoms with E-state index in [0.29, 0.717) is 5.56 Å². The van der Waals surface area contributed by atoms with Gasteiger partial charge in [0.2, 0.25) is 0 Å². The molecular weight excluding hydrogens is 419 g/mol. The van der Waals surface area contributed by atoms with Crippen molar-refractivity contribution in [1.29, 1.82) is 0 Å². The van der Waals surface area contributed by atoms with Crippen LogP contribution in [0.15, 0.2) is 35.9 Å². The molecule has 2 rings (SSSR count). The summed E-state index contributed by atoms with van der Waals surface area (Å²) in [4.78, 5) is 11.9. The molecule has 0 saturated carbocycles. The molecule has 0 bridgehead atoms. The van der Waals surface area contributed by atoms with Crippen molar-refractivity contribution in [2.24, 2.45) is 10.8 Å². The normalized spacial score (nSPS) is 20.1. The number of carbonyl (C=O) groups is 1. The second-order valence-corrected chi connectivity index (χ2v) is 11.9. The fourth-order valence-electron chi connectivity index (χ4n) is 4.98. The second kappa shape index (κ2) is 10.1. The van der Waals surface area contributed by atoms with Crippen LogP contribution < -0.4 is 0 Å². The lowest BCUT2D eigenvalue weighted by atomic mass is 9.61. The van der Waals surface area contributed by atoms with Crippen LogP contribution >= 0.6 is 0 Å². The van der Waals surface area contributed by atoms with Crippen molar-refractivity contribution in [3.05, 3.63) is 52.9 Å². The maximum Gasteiger partial charge on any atom is 0.308 e. The molecule has 184 valence electrons. The molecule has 0 aromatic heterocycles. The van der Waals surface area contributed by atoms with E-state index in [9.17, 15) is 19.4 Å². The molecule has 1 aromatic rings. The highest BCUT2D eigenvalue weighted by atomic mass is 19.1. The van der Waals surface area contributed by atoms with Crippen molar-refractivity contribution >= 4 is 11.5 Å². The van der Waals surface area contributed by atoms with Crippen LogP contribution in [0.25, 0.3) is 5.57 Å². The van der Waals surface area contributed by atoms with Crippen molar-refractivity contribution < 1.29 is 24.1 Å². The van der Waals surface area contributed by atoms with Crippen molar-refractivity contribution in [3.8, 4) is 0 Å². The average molecular weight is 461 g/mol. The van der Waals surface area contributed by atoms with Gasteiger partial charge < -0.3 is 14.9 Å². The third kappa shape index (κ3) is 8.08. The summed E-state index contributed by atoms with van der Waals surface area (Å²) in [5.74, 6) is -0.710. The zero-order valence-corrected chi connectivity index (χ0v) is 21.5. The Morgan fingerprint density at radius 3 is 2.42 bits per heavy atom. The number of aliphatic hydroxyl groups is 2. The Labute approximate surface area is 198 Å². The molecule has 0 radical (unpaired) electrons.